The lowest BCUT2D eigenvalue weighted by Crippen LogP contribution is -2.42. The van der Waals surface area contributed by atoms with Crippen LogP contribution in [0.2, 0.25) is 0 Å². The molecule has 2 N–H and O–H groups in total. The summed E-state index contributed by atoms with van der Waals surface area (Å²) in [4.78, 5) is 23.9. The minimum absolute atomic E-state index is 0.260. The maximum Gasteiger partial charge on any atom is 0.408 e. The van der Waals surface area contributed by atoms with E-state index < -0.39 is 17.7 Å². The summed E-state index contributed by atoms with van der Waals surface area (Å²) < 4.78 is 5.19. The van der Waals surface area contributed by atoms with Gasteiger partial charge in [0.15, 0.2) is 0 Å². The summed E-state index contributed by atoms with van der Waals surface area (Å²) in [6.07, 6.45) is -0.613. The lowest BCUT2D eigenvalue weighted by Gasteiger charge is -2.23. The summed E-state index contributed by atoms with van der Waals surface area (Å²) in [6, 6.07) is 8.31. The first kappa shape index (κ1) is 16.0. The van der Waals surface area contributed by atoms with Crippen LogP contribution < -0.4 is 10.6 Å². The van der Waals surface area contributed by atoms with E-state index in [9.17, 15) is 9.59 Å². The number of amides is 2. The molecule has 1 atom stereocenters. The molecule has 0 aliphatic heterocycles. The Labute approximate surface area is 119 Å². The topological polar surface area (TPSA) is 67.4 Å². The molecule has 1 aromatic rings. The third-order valence-electron chi connectivity index (χ3n) is 2.41. The first-order valence-corrected chi connectivity index (χ1v) is 6.65. The van der Waals surface area contributed by atoms with Gasteiger partial charge in [-0.1, -0.05) is 30.3 Å². The summed E-state index contributed by atoms with van der Waals surface area (Å²) in [5, 5.41) is 5.30. The van der Waals surface area contributed by atoms with E-state index in [4.69, 9.17) is 4.74 Å². The molecule has 20 heavy (non-hydrogen) atoms. The highest BCUT2D eigenvalue weighted by atomic mass is 16.6. The van der Waals surface area contributed by atoms with Gasteiger partial charge in [0.25, 0.3) is 0 Å². The van der Waals surface area contributed by atoms with Gasteiger partial charge in [-0.15, -0.1) is 0 Å². The van der Waals surface area contributed by atoms with Gasteiger partial charge in [-0.25, -0.2) is 4.79 Å². The van der Waals surface area contributed by atoms with Crippen molar-refractivity contribution in [1.29, 1.82) is 0 Å². The van der Waals surface area contributed by atoms with Crippen LogP contribution in [0.15, 0.2) is 30.3 Å². The Morgan fingerprint density at radius 1 is 1.20 bits per heavy atom. The maximum absolute atomic E-state index is 12.1. The van der Waals surface area contributed by atoms with Gasteiger partial charge in [-0.2, -0.15) is 0 Å². The monoisotopic (exact) mass is 278 g/mol. The van der Waals surface area contributed by atoms with Crippen molar-refractivity contribution in [2.45, 2.75) is 39.3 Å². The number of carbonyl (C=O) groups excluding carboxylic acids is 2. The highest BCUT2D eigenvalue weighted by Gasteiger charge is 2.25. The molecule has 0 spiro atoms. The normalized spacial score (nSPS) is 12.4. The van der Waals surface area contributed by atoms with E-state index in [2.05, 4.69) is 10.6 Å². The number of likely N-dealkylation sites (N-methyl/N-ethyl adjacent to an activating group) is 1. The zero-order chi connectivity index (χ0) is 15.2. The second-order valence-electron chi connectivity index (χ2n) is 5.38. The number of alkyl carbamates (subject to hydrolysis) is 1. The number of hydrogen-bond donors (Lipinski definition) is 2. The number of carbonyl (C=O) groups is 2. The van der Waals surface area contributed by atoms with Gasteiger partial charge in [-0.3, -0.25) is 4.79 Å². The van der Waals surface area contributed by atoms with Crippen molar-refractivity contribution in [1.82, 2.24) is 10.6 Å². The number of nitrogens with one attached hydrogen (secondary N) is 2. The standard InChI is InChI=1S/C15H22N2O3/c1-5-16-13(18)12(11-9-7-6-8-10-11)17-14(19)20-15(2,3)4/h6-10,12H,5H2,1-4H3,(H,16,18)(H,17,19)/t12-/m0/s1. The van der Waals surface area contributed by atoms with Crippen LogP contribution in [0.3, 0.4) is 0 Å². The van der Waals surface area contributed by atoms with E-state index in [1.54, 1.807) is 32.9 Å². The van der Waals surface area contributed by atoms with Crippen molar-refractivity contribution in [2.24, 2.45) is 0 Å². The fourth-order valence-corrected chi connectivity index (χ4v) is 1.65. The van der Waals surface area contributed by atoms with Gasteiger partial charge in [0.05, 0.1) is 0 Å². The van der Waals surface area contributed by atoms with E-state index in [1.807, 2.05) is 25.1 Å². The second-order valence-corrected chi connectivity index (χ2v) is 5.38. The molecule has 0 unspecified atom stereocenters. The molecular weight excluding hydrogens is 256 g/mol. The zero-order valence-electron chi connectivity index (χ0n) is 12.4. The Morgan fingerprint density at radius 2 is 1.80 bits per heavy atom. The van der Waals surface area contributed by atoms with Crippen LogP contribution in [0.1, 0.15) is 39.3 Å². The molecule has 2 amide bonds. The number of hydrogen-bond acceptors (Lipinski definition) is 3. The van der Waals surface area contributed by atoms with Gasteiger partial charge in [0.1, 0.15) is 11.6 Å². The van der Waals surface area contributed by atoms with Gasteiger partial charge in [0.2, 0.25) is 5.91 Å². The summed E-state index contributed by atoms with van der Waals surface area (Å²) in [6.45, 7) is 7.65. The number of benzene rings is 1. The Bertz CT molecular complexity index is 452. The molecule has 1 rings (SSSR count). The van der Waals surface area contributed by atoms with Crippen molar-refractivity contribution < 1.29 is 14.3 Å². The summed E-state index contributed by atoms with van der Waals surface area (Å²) in [5.74, 6) is -0.260. The van der Waals surface area contributed by atoms with E-state index in [1.165, 1.54) is 0 Å². The maximum atomic E-state index is 12.1. The van der Waals surface area contributed by atoms with Gasteiger partial charge < -0.3 is 15.4 Å². The number of ether oxygens (including phenoxy) is 1. The van der Waals surface area contributed by atoms with Crippen LogP contribution in [-0.4, -0.2) is 24.1 Å². The Morgan fingerprint density at radius 3 is 2.30 bits per heavy atom. The highest BCUT2D eigenvalue weighted by molar-refractivity contribution is 5.86. The minimum atomic E-state index is -0.758. The van der Waals surface area contributed by atoms with Crippen LogP contribution in [0, 0.1) is 0 Å². The number of rotatable bonds is 4. The van der Waals surface area contributed by atoms with Gasteiger partial charge in [-0.05, 0) is 33.3 Å². The van der Waals surface area contributed by atoms with Crippen LogP contribution in [0.4, 0.5) is 4.79 Å². The molecule has 0 bridgehead atoms. The van der Waals surface area contributed by atoms with Gasteiger partial charge >= 0.3 is 6.09 Å². The predicted octanol–water partition coefficient (Wildman–Crippen LogP) is 2.39. The largest absolute Gasteiger partial charge is 0.444 e. The van der Waals surface area contributed by atoms with Crippen molar-refractivity contribution in [3.8, 4) is 0 Å². The molecule has 0 fully saturated rings. The molecule has 0 aliphatic carbocycles. The smallest absolute Gasteiger partial charge is 0.408 e. The van der Waals surface area contributed by atoms with Crippen molar-refractivity contribution in [3.63, 3.8) is 0 Å². The quantitative estimate of drug-likeness (QED) is 0.888. The Balaban J connectivity index is 2.84. The first-order chi connectivity index (χ1) is 9.33. The van der Waals surface area contributed by atoms with Crippen LogP contribution in [-0.2, 0) is 9.53 Å². The molecular formula is C15H22N2O3. The molecule has 1 aromatic carbocycles. The predicted molar refractivity (Wildman–Crippen MR) is 77.2 cm³/mol. The van der Waals surface area contributed by atoms with E-state index >= 15 is 0 Å². The first-order valence-electron chi connectivity index (χ1n) is 6.65. The van der Waals surface area contributed by atoms with E-state index in [0.29, 0.717) is 12.1 Å². The lowest BCUT2D eigenvalue weighted by molar-refractivity contribution is -0.123. The van der Waals surface area contributed by atoms with E-state index in [-0.39, 0.29) is 5.91 Å². The van der Waals surface area contributed by atoms with Crippen LogP contribution in [0.5, 0.6) is 0 Å². The van der Waals surface area contributed by atoms with Crippen LogP contribution in [0.25, 0.3) is 0 Å². The average molecular weight is 278 g/mol. The SMILES string of the molecule is CCNC(=O)[C@@H](NC(=O)OC(C)(C)C)c1ccccc1. The third-order valence-corrected chi connectivity index (χ3v) is 2.41. The fourth-order valence-electron chi connectivity index (χ4n) is 1.65. The Hall–Kier alpha value is -2.04. The lowest BCUT2D eigenvalue weighted by atomic mass is 10.1. The summed E-state index contributed by atoms with van der Waals surface area (Å²) in [7, 11) is 0. The average Bonchev–Trinajstić information content (AvgIpc) is 2.35. The molecule has 5 nitrogen and oxygen atoms in total. The Kier molecular flexibility index (Phi) is 5.55. The molecule has 0 saturated carbocycles. The molecule has 0 heterocycles. The molecule has 0 radical (unpaired) electrons. The molecule has 0 aromatic heterocycles. The van der Waals surface area contributed by atoms with Crippen molar-refractivity contribution >= 4 is 12.0 Å². The molecule has 0 saturated heterocycles. The van der Waals surface area contributed by atoms with Crippen molar-refractivity contribution in [3.05, 3.63) is 35.9 Å². The highest BCUT2D eigenvalue weighted by Crippen LogP contribution is 2.14. The zero-order valence-corrected chi connectivity index (χ0v) is 12.4. The van der Waals surface area contributed by atoms with Gasteiger partial charge in [0, 0.05) is 6.54 Å². The molecule has 5 heteroatoms. The molecule has 0 aliphatic rings. The van der Waals surface area contributed by atoms with Crippen molar-refractivity contribution in [2.75, 3.05) is 6.54 Å². The summed E-state index contributed by atoms with van der Waals surface area (Å²) in [5.41, 5.74) is 0.108. The summed E-state index contributed by atoms with van der Waals surface area (Å²) >= 11 is 0. The third kappa shape index (κ3) is 5.30. The van der Waals surface area contributed by atoms with E-state index in [0.717, 1.165) is 0 Å². The fraction of sp³-hybridized carbons (Fsp3) is 0.467. The second kappa shape index (κ2) is 6.93. The molecule has 110 valence electrons. The van der Waals surface area contributed by atoms with Crippen LogP contribution >= 0.6 is 0 Å². The minimum Gasteiger partial charge on any atom is -0.444 e.